The second-order valence-electron chi connectivity index (χ2n) is 7.65. The van der Waals surface area contributed by atoms with Crippen LogP contribution in [0, 0.1) is 22.0 Å². The number of rotatable bonds is 3. The van der Waals surface area contributed by atoms with Crippen molar-refractivity contribution in [2.45, 2.75) is 38.8 Å². The molecule has 1 aromatic rings. The summed E-state index contributed by atoms with van der Waals surface area (Å²) in [6.07, 6.45) is 3.32. The van der Waals surface area contributed by atoms with Crippen molar-refractivity contribution in [2.24, 2.45) is 11.8 Å². The van der Waals surface area contributed by atoms with E-state index in [0.29, 0.717) is 25.2 Å². The molecule has 0 aliphatic carbocycles. The molecule has 0 radical (unpaired) electrons. The van der Waals surface area contributed by atoms with E-state index < -0.39 is 22.4 Å². The van der Waals surface area contributed by atoms with E-state index in [1.165, 1.54) is 12.4 Å². The summed E-state index contributed by atoms with van der Waals surface area (Å²) in [6.45, 7) is 6.17. The van der Waals surface area contributed by atoms with E-state index in [1.54, 1.807) is 26.8 Å². The molecule has 3 atom stereocenters. The molecule has 1 unspecified atom stereocenters. The molecule has 9 heteroatoms. The third-order valence-electron chi connectivity index (χ3n) is 4.67. The predicted octanol–water partition coefficient (Wildman–Crippen LogP) is 1.27. The highest BCUT2D eigenvalue weighted by Gasteiger charge is 2.50. The Morgan fingerprint density at radius 3 is 2.85 bits per heavy atom. The number of amides is 1. The van der Waals surface area contributed by atoms with Crippen molar-refractivity contribution in [1.29, 1.82) is 0 Å². The minimum Gasteiger partial charge on any atom is -0.459 e. The predicted molar refractivity (Wildman–Crippen MR) is 92.5 cm³/mol. The summed E-state index contributed by atoms with van der Waals surface area (Å²) >= 11 is 0. The average Bonchev–Trinajstić information content (AvgIpc) is 2.88. The fraction of sp³-hybridized carbons (Fsp3) is 0.588. The van der Waals surface area contributed by atoms with E-state index in [-0.39, 0.29) is 23.6 Å². The number of esters is 1. The van der Waals surface area contributed by atoms with Crippen LogP contribution in [0.5, 0.6) is 0 Å². The first-order valence-corrected chi connectivity index (χ1v) is 8.54. The van der Waals surface area contributed by atoms with Crippen LogP contribution in [0.25, 0.3) is 0 Å². The number of anilines is 1. The minimum atomic E-state index is -0.900. The maximum Gasteiger partial charge on any atom is 0.319 e. The molecule has 26 heavy (non-hydrogen) atoms. The summed E-state index contributed by atoms with van der Waals surface area (Å²) in [5, 5.41) is 14.1. The monoisotopic (exact) mass is 362 g/mol. The molecule has 1 amide bonds. The molecule has 0 bridgehead atoms. The number of hydrogen-bond acceptors (Lipinski definition) is 7. The summed E-state index contributed by atoms with van der Waals surface area (Å²) < 4.78 is 5.41. The molecule has 0 aromatic carbocycles. The smallest absolute Gasteiger partial charge is 0.319 e. The maximum atomic E-state index is 12.5. The maximum absolute atomic E-state index is 12.5. The van der Waals surface area contributed by atoms with Crippen LogP contribution >= 0.6 is 0 Å². The number of nitrogens with zero attached hydrogens (tertiary/aromatic N) is 3. The molecule has 2 aliphatic heterocycles. The van der Waals surface area contributed by atoms with Crippen LogP contribution < -0.4 is 10.2 Å². The third-order valence-corrected chi connectivity index (χ3v) is 4.67. The van der Waals surface area contributed by atoms with Gasteiger partial charge in [-0.05, 0) is 33.3 Å². The minimum absolute atomic E-state index is 0.0861. The van der Waals surface area contributed by atoms with Crippen LogP contribution in [0.3, 0.4) is 0 Å². The topological polar surface area (TPSA) is 115 Å². The van der Waals surface area contributed by atoms with E-state index in [2.05, 4.69) is 10.3 Å². The molecule has 1 N–H and O–H groups in total. The van der Waals surface area contributed by atoms with Gasteiger partial charge in [0.05, 0.1) is 4.92 Å². The lowest BCUT2D eigenvalue weighted by molar-refractivity contribution is -0.384. The van der Waals surface area contributed by atoms with E-state index >= 15 is 0 Å². The van der Waals surface area contributed by atoms with Crippen molar-refractivity contribution >= 4 is 23.3 Å². The summed E-state index contributed by atoms with van der Waals surface area (Å²) in [5.74, 6) is -2.07. The largest absolute Gasteiger partial charge is 0.459 e. The number of fused-ring (bicyclic) bond motifs is 1. The van der Waals surface area contributed by atoms with Gasteiger partial charge in [-0.3, -0.25) is 24.7 Å². The first-order chi connectivity index (χ1) is 12.2. The van der Waals surface area contributed by atoms with Crippen molar-refractivity contribution < 1.29 is 19.2 Å². The third kappa shape index (κ3) is 3.47. The van der Waals surface area contributed by atoms with E-state index in [1.807, 2.05) is 4.90 Å². The lowest BCUT2D eigenvalue weighted by Crippen LogP contribution is -2.47. The zero-order chi connectivity index (χ0) is 19.1. The lowest BCUT2D eigenvalue weighted by Gasteiger charge is -2.37. The Morgan fingerprint density at radius 2 is 2.19 bits per heavy atom. The molecule has 2 saturated heterocycles. The highest BCUT2D eigenvalue weighted by Crippen LogP contribution is 2.36. The second-order valence-corrected chi connectivity index (χ2v) is 7.65. The molecule has 140 valence electrons. The lowest BCUT2D eigenvalue weighted by atomic mass is 9.85. The highest BCUT2D eigenvalue weighted by molar-refractivity contribution is 6.00. The van der Waals surface area contributed by atoms with Gasteiger partial charge in [-0.25, -0.2) is 0 Å². The first-order valence-electron chi connectivity index (χ1n) is 8.54. The van der Waals surface area contributed by atoms with Crippen molar-refractivity contribution in [1.82, 2.24) is 10.3 Å². The average molecular weight is 362 g/mol. The number of ether oxygens (including phenoxy) is 1. The van der Waals surface area contributed by atoms with Gasteiger partial charge in [-0.15, -0.1) is 0 Å². The number of hydrogen-bond donors (Lipinski definition) is 1. The Bertz CT molecular complexity index is 745. The zero-order valence-corrected chi connectivity index (χ0v) is 15.0. The van der Waals surface area contributed by atoms with E-state index in [0.717, 1.165) is 0 Å². The molecular formula is C17H22N4O5. The Labute approximate surface area is 150 Å². The van der Waals surface area contributed by atoms with Gasteiger partial charge in [0.25, 0.3) is 0 Å². The van der Waals surface area contributed by atoms with Gasteiger partial charge >= 0.3 is 11.7 Å². The zero-order valence-electron chi connectivity index (χ0n) is 15.0. The summed E-state index contributed by atoms with van der Waals surface area (Å²) in [6, 6.07) is 1.46. The molecule has 1 aromatic heterocycles. The van der Waals surface area contributed by atoms with Gasteiger partial charge in [0.2, 0.25) is 5.91 Å². The van der Waals surface area contributed by atoms with E-state index in [4.69, 9.17) is 4.74 Å². The molecular weight excluding hydrogens is 340 g/mol. The first kappa shape index (κ1) is 18.1. The fourth-order valence-corrected chi connectivity index (χ4v) is 3.62. The number of nitro groups is 1. The Kier molecular flexibility index (Phi) is 4.55. The summed E-state index contributed by atoms with van der Waals surface area (Å²) in [7, 11) is 0. The summed E-state index contributed by atoms with van der Waals surface area (Å²) in [4.78, 5) is 41.3. The number of nitrogens with one attached hydrogen (secondary N) is 1. The number of pyridine rings is 1. The van der Waals surface area contributed by atoms with Crippen molar-refractivity contribution in [3.63, 3.8) is 0 Å². The SMILES string of the molecule is CC(C)(C)OC(=O)C1C(=O)N[C@H]2CCN(c3ccncc3[N+](=O)[O-])C[C@@H]12. The molecule has 0 spiro atoms. The molecule has 2 fully saturated rings. The van der Waals surface area contributed by atoms with Gasteiger partial charge in [0.1, 0.15) is 23.4 Å². The van der Waals surface area contributed by atoms with Gasteiger partial charge in [-0.2, -0.15) is 0 Å². The standard InChI is InChI=1S/C17H22N4O5/c1-17(2,3)26-16(23)14-10-9-20(7-5-11(10)19-15(14)22)12-4-6-18-8-13(12)21(24)25/h4,6,8,10-11,14H,5,7,9H2,1-3H3,(H,19,22)/t10-,11+,14?/m1/s1. The van der Waals surface area contributed by atoms with Gasteiger partial charge in [0.15, 0.2) is 0 Å². The van der Waals surface area contributed by atoms with Crippen LogP contribution in [0.2, 0.25) is 0 Å². The van der Waals surface area contributed by atoms with Gasteiger partial charge in [-0.1, -0.05) is 0 Å². The number of carbonyl (C=O) groups excluding carboxylic acids is 2. The van der Waals surface area contributed by atoms with Gasteiger partial charge < -0.3 is 15.0 Å². The number of carbonyl (C=O) groups is 2. The highest BCUT2D eigenvalue weighted by atomic mass is 16.6. The quantitative estimate of drug-likeness (QED) is 0.373. The van der Waals surface area contributed by atoms with Crippen LogP contribution in [0.4, 0.5) is 11.4 Å². The molecule has 3 rings (SSSR count). The molecule has 9 nitrogen and oxygen atoms in total. The summed E-state index contributed by atoms with van der Waals surface area (Å²) in [5.41, 5.74) is -0.323. The van der Waals surface area contributed by atoms with Crippen LogP contribution in [0.1, 0.15) is 27.2 Å². The van der Waals surface area contributed by atoms with Crippen molar-refractivity contribution in [3.05, 3.63) is 28.6 Å². The van der Waals surface area contributed by atoms with Gasteiger partial charge in [0, 0.05) is 31.2 Å². The normalized spacial score (nSPS) is 25.4. The van der Waals surface area contributed by atoms with E-state index in [9.17, 15) is 19.7 Å². The van der Waals surface area contributed by atoms with Crippen LogP contribution in [-0.2, 0) is 14.3 Å². The Balaban J connectivity index is 1.84. The van der Waals surface area contributed by atoms with Crippen molar-refractivity contribution in [3.8, 4) is 0 Å². The van der Waals surface area contributed by atoms with Crippen molar-refractivity contribution in [2.75, 3.05) is 18.0 Å². The second kappa shape index (κ2) is 6.54. The molecule has 3 heterocycles. The Hall–Kier alpha value is -2.71. The Morgan fingerprint density at radius 1 is 1.46 bits per heavy atom. The number of aromatic nitrogens is 1. The number of piperidine rings is 1. The molecule has 0 saturated carbocycles. The molecule has 2 aliphatic rings. The fourth-order valence-electron chi connectivity index (χ4n) is 3.62. The van der Waals surface area contributed by atoms with Crippen LogP contribution in [-0.4, -0.2) is 46.5 Å². The van der Waals surface area contributed by atoms with Crippen LogP contribution in [0.15, 0.2) is 18.5 Å².